The monoisotopic (exact) mass is 477 g/mol. The third-order valence-corrected chi connectivity index (χ3v) is 4.52. The third kappa shape index (κ3) is 6.22. The number of carbonyl (C=O) groups excluding carboxylic acids is 1. The number of hydrogen-bond acceptors (Lipinski definition) is 3. The lowest BCUT2D eigenvalue weighted by atomic mass is 10.3. The molecule has 1 amide bonds. The number of hydrogen-bond donors (Lipinski definition) is 3. The van der Waals surface area contributed by atoms with Crippen LogP contribution in [0, 0.1) is 0 Å². The van der Waals surface area contributed by atoms with Crippen molar-refractivity contribution in [2.24, 2.45) is 4.99 Å². The van der Waals surface area contributed by atoms with Crippen molar-refractivity contribution in [3.8, 4) is 0 Å². The number of rotatable bonds is 5. The van der Waals surface area contributed by atoms with Gasteiger partial charge in [0.2, 0.25) is 5.91 Å². The van der Waals surface area contributed by atoms with Crippen molar-refractivity contribution >= 4 is 53.1 Å². The Morgan fingerprint density at radius 2 is 2.08 bits per heavy atom. The van der Waals surface area contributed by atoms with Crippen LogP contribution in [-0.2, 0) is 4.79 Å². The Bertz CT molecular complexity index is 623. The normalized spacial score (nSPS) is 20.0. The molecule has 1 unspecified atom stereocenters. The minimum absolute atomic E-state index is 0. The highest BCUT2D eigenvalue weighted by molar-refractivity contribution is 14.0. The van der Waals surface area contributed by atoms with E-state index in [4.69, 9.17) is 11.6 Å². The van der Waals surface area contributed by atoms with Crippen LogP contribution in [0.1, 0.15) is 19.3 Å². The molecule has 138 valence electrons. The second kappa shape index (κ2) is 9.47. The van der Waals surface area contributed by atoms with Gasteiger partial charge in [0.1, 0.15) is 0 Å². The highest BCUT2D eigenvalue weighted by atomic mass is 127. The zero-order chi connectivity index (χ0) is 16.9. The van der Waals surface area contributed by atoms with Gasteiger partial charge in [-0.3, -0.25) is 9.79 Å². The molecule has 1 aliphatic carbocycles. The van der Waals surface area contributed by atoms with E-state index in [9.17, 15) is 4.79 Å². The number of benzene rings is 1. The first-order valence-corrected chi connectivity index (χ1v) is 8.79. The number of nitrogens with one attached hydrogen (secondary N) is 3. The Morgan fingerprint density at radius 1 is 1.28 bits per heavy atom. The van der Waals surface area contributed by atoms with E-state index < -0.39 is 0 Å². The first-order chi connectivity index (χ1) is 11.6. The summed E-state index contributed by atoms with van der Waals surface area (Å²) in [5.74, 6) is 0.686. The minimum Gasteiger partial charge on any atom is -0.369 e. The molecular formula is C17H25ClIN5O. The van der Waals surface area contributed by atoms with Gasteiger partial charge in [-0.05, 0) is 37.5 Å². The number of halogens is 2. The molecule has 8 heteroatoms. The quantitative estimate of drug-likeness (QED) is 0.345. The fraction of sp³-hybridized carbons (Fsp3) is 0.529. The van der Waals surface area contributed by atoms with Crippen LogP contribution in [0.3, 0.4) is 0 Å². The molecule has 0 bridgehead atoms. The molecule has 3 N–H and O–H groups in total. The molecule has 1 saturated heterocycles. The topological polar surface area (TPSA) is 68.8 Å². The van der Waals surface area contributed by atoms with E-state index in [1.807, 2.05) is 18.2 Å². The first kappa shape index (κ1) is 20.1. The highest BCUT2D eigenvalue weighted by Gasteiger charge is 2.25. The van der Waals surface area contributed by atoms with Gasteiger partial charge in [0, 0.05) is 42.9 Å². The van der Waals surface area contributed by atoms with Crippen LogP contribution in [-0.4, -0.2) is 50.6 Å². The Balaban J connectivity index is 0.00000225. The summed E-state index contributed by atoms with van der Waals surface area (Å²) in [4.78, 5) is 18.3. The summed E-state index contributed by atoms with van der Waals surface area (Å²) in [5.41, 5.74) is 1.14. The summed E-state index contributed by atoms with van der Waals surface area (Å²) >= 11 is 6.07. The van der Waals surface area contributed by atoms with Crippen molar-refractivity contribution in [2.75, 3.05) is 31.6 Å². The molecule has 2 aliphatic rings. The second-order valence-electron chi connectivity index (χ2n) is 6.32. The molecule has 25 heavy (non-hydrogen) atoms. The molecule has 2 fully saturated rings. The van der Waals surface area contributed by atoms with E-state index in [0.29, 0.717) is 18.0 Å². The fourth-order valence-corrected chi connectivity index (χ4v) is 3.03. The predicted molar refractivity (Wildman–Crippen MR) is 113 cm³/mol. The van der Waals surface area contributed by atoms with E-state index >= 15 is 0 Å². The van der Waals surface area contributed by atoms with Gasteiger partial charge in [0.15, 0.2) is 5.96 Å². The van der Waals surface area contributed by atoms with Gasteiger partial charge in [-0.2, -0.15) is 0 Å². The summed E-state index contributed by atoms with van der Waals surface area (Å²) in [7, 11) is 1.72. The van der Waals surface area contributed by atoms with Crippen molar-refractivity contribution in [3.05, 3.63) is 29.3 Å². The summed E-state index contributed by atoms with van der Waals surface area (Å²) in [6.07, 6.45) is 3.21. The Hall–Kier alpha value is -1.22. The molecule has 1 atom stereocenters. The molecule has 1 saturated carbocycles. The minimum atomic E-state index is 0. The van der Waals surface area contributed by atoms with E-state index in [1.54, 1.807) is 7.05 Å². The number of amides is 1. The van der Waals surface area contributed by atoms with E-state index in [2.05, 4.69) is 31.9 Å². The Morgan fingerprint density at radius 3 is 2.76 bits per heavy atom. The molecule has 0 spiro atoms. The molecule has 1 heterocycles. The summed E-state index contributed by atoms with van der Waals surface area (Å²) in [6.45, 7) is 2.10. The number of nitrogens with zero attached hydrogens (tertiary/aromatic N) is 2. The summed E-state index contributed by atoms with van der Waals surface area (Å²) in [5, 5.41) is 10.2. The first-order valence-electron chi connectivity index (χ1n) is 8.41. The van der Waals surface area contributed by atoms with Crippen LogP contribution in [0.5, 0.6) is 0 Å². The Labute approximate surface area is 170 Å². The van der Waals surface area contributed by atoms with Crippen LogP contribution in [0.15, 0.2) is 29.3 Å². The van der Waals surface area contributed by atoms with E-state index in [-0.39, 0.29) is 36.4 Å². The fourth-order valence-electron chi connectivity index (χ4n) is 2.84. The van der Waals surface area contributed by atoms with Gasteiger partial charge in [-0.25, -0.2) is 0 Å². The van der Waals surface area contributed by atoms with Crippen molar-refractivity contribution in [1.29, 1.82) is 0 Å². The summed E-state index contributed by atoms with van der Waals surface area (Å²) < 4.78 is 0. The number of aliphatic imine (C=N–C) groups is 1. The van der Waals surface area contributed by atoms with Crippen molar-refractivity contribution in [2.45, 2.75) is 31.3 Å². The molecule has 0 radical (unpaired) electrons. The molecular weight excluding hydrogens is 453 g/mol. The van der Waals surface area contributed by atoms with Crippen LogP contribution < -0.4 is 20.9 Å². The number of carbonyl (C=O) groups is 1. The lowest BCUT2D eigenvalue weighted by molar-refractivity contribution is -0.120. The SMILES string of the molecule is CN=C(NCC(=O)NC1CC1)NC1CCN(c2cccc(Cl)c2)C1.I. The standard InChI is InChI=1S/C17H24ClN5O.HI/c1-19-17(20-10-16(24)21-13-5-6-13)22-14-7-8-23(11-14)15-4-2-3-12(18)9-15;/h2-4,9,13-14H,5-8,10-11H2,1H3,(H,21,24)(H2,19,20,22);1H. The molecule has 3 rings (SSSR count). The third-order valence-electron chi connectivity index (χ3n) is 4.28. The van der Waals surface area contributed by atoms with Crippen molar-refractivity contribution in [1.82, 2.24) is 16.0 Å². The molecule has 1 aromatic rings. The van der Waals surface area contributed by atoms with Crippen LogP contribution >= 0.6 is 35.6 Å². The maximum absolute atomic E-state index is 11.7. The maximum Gasteiger partial charge on any atom is 0.239 e. The lowest BCUT2D eigenvalue weighted by Gasteiger charge is -2.20. The lowest BCUT2D eigenvalue weighted by Crippen LogP contribution is -2.47. The number of anilines is 1. The molecule has 0 aromatic heterocycles. The van der Waals surface area contributed by atoms with Crippen LogP contribution in [0.25, 0.3) is 0 Å². The van der Waals surface area contributed by atoms with Gasteiger partial charge >= 0.3 is 0 Å². The Kier molecular flexibility index (Phi) is 7.61. The zero-order valence-electron chi connectivity index (χ0n) is 14.3. The van der Waals surface area contributed by atoms with Crippen LogP contribution in [0.2, 0.25) is 5.02 Å². The smallest absolute Gasteiger partial charge is 0.239 e. The van der Waals surface area contributed by atoms with E-state index in [1.165, 1.54) is 0 Å². The number of guanidine groups is 1. The molecule has 1 aromatic carbocycles. The average molecular weight is 478 g/mol. The van der Waals surface area contributed by atoms with Gasteiger partial charge in [-0.1, -0.05) is 17.7 Å². The van der Waals surface area contributed by atoms with Crippen molar-refractivity contribution in [3.63, 3.8) is 0 Å². The van der Waals surface area contributed by atoms with E-state index in [0.717, 1.165) is 43.1 Å². The molecule has 6 nitrogen and oxygen atoms in total. The van der Waals surface area contributed by atoms with Gasteiger partial charge in [0.25, 0.3) is 0 Å². The highest BCUT2D eigenvalue weighted by Crippen LogP contribution is 2.23. The average Bonchev–Trinajstić information content (AvgIpc) is 3.26. The largest absolute Gasteiger partial charge is 0.369 e. The summed E-state index contributed by atoms with van der Waals surface area (Å²) in [6, 6.07) is 8.59. The van der Waals surface area contributed by atoms with Crippen LogP contribution in [0.4, 0.5) is 5.69 Å². The van der Waals surface area contributed by atoms with Gasteiger partial charge in [-0.15, -0.1) is 24.0 Å². The maximum atomic E-state index is 11.7. The van der Waals surface area contributed by atoms with Gasteiger partial charge in [0.05, 0.1) is 6.54 Å². The molecule has 1 aliphatic heterocycles. The van der Waals surface area contributed by atoms with Gasteiger partial charge < -0.3 is 20.9 Å². The second-order valence-corrected chi connectivity index (χ2v) is 6.76. The predicted octanol–water partition coefficient (Wildman–Crippen LogP) is 1.98. The van der Waals surface area contributed by atoms with Crippen molar-refractivity contribution < 1.29 is 4.79 Å². The zero-order valence-corrected chi connectivity index (χ0v) is 17.4.